The summed E-state index contributed by atoms with van der Waals surface area (Å²) in [5, 5.41) is 0.453. The number of rotatable bonds is 9. The number of anilines is 1. The first kappa shape index (κ1) is 24.4. The van der Waals surface area contributed by atoms with Gasteiger partial charge in [0.15, 0.2) is 11.5 Å². The van der Waals surface area contributed by atoms with Crippen LogP contribution in [0.4, 0.5) is 5.69 Å². The number of benzene rings is 3. The number of halogens is 1. The molecular weight excluding hydrogens is 466 g/mol. The van der Waals surface area contributed by atoms with Crippen molar-refractivity contribution in [2.75, 3.05) is 25.6 Å². The summed E-state index contributed by atoms with van der Waals surface area (Å²) in [6, 6.07) is 17.7. The van der Waals surface area contributed by atoms with Gasteiger partial charge in [-0.15, -0.1) is 0 Å². The van der Waals surface area contributed by atoms with Crippen LogP contribution in [-0.4, -0.2) is 35.7 Å². The van der Waals surface area contributed by atoms with Crippen molar-refractivity contribution in [2.24, 2.45) is 0 Å². The maximum atomic E-state index is 12.8. The van der Waals surface area contributed by atoms with Crippen LogP contribution >= 0.6 is 11.6 Å². The molecule has 0 spiro atoms. The van der Waals surface area contributed by atoms with Gasteiger partial charge in [-0.3, -0.25) is 9.10 Å². The number of esters is 1. The van der Waals surface area contributed by atoms with Crippen LogP contribution in [0.15, 0.2) is 71.6 Å². The van der Waals surface area contributed by atoms with Crippen LogP contribution in [0.25, 0.3) is 0 Å². The average molecular weight is 490 g/mol. The lowest BCUT2D eigenvalue weighted by molar-refractivity contribution is -0.134. The summed E-state index contributed by atoms with van der Waals surface area (Å²) < 4.78 is 42.6. The van der Waals surface area contributed by atoms with E-state index in [2.05, 4.69) is 0 Å². The van der Waals surface area contributed by atoms with E-state index in [0.717, 1.165) is 9.87 Å². The lowest BCUT2D eigenvalue weighted by Gasteiger charge is -2.19. The van der Waals surface area contributed by atoms with Gasteiger partial charge in [0.1, 0.15) is 5.75 Å². The molecule has 0 amide bonds. The van der Waals surface area contributed by atoms with E-state index in [1.165, 1.54) is 31.3 Å². The molecule has 0 aliphatic carbocycles. The van der Waals surface area contributed by atoms with E-state index in [1.54, 1.807) is 44.6 Å². The Kier molecular flexibility index (Phi) is 7.84. The molecule has 9 heteroatoms. The molecular formula is C24H24ClNO6S. The Morgan fingerprint density at radius 3 is 2.15 bits per heavy atom. The molecule has 0 N–H and O–H groups in total. The van der Waals surface area contributed by atoms with Crippen LogP contribution in [-0.2, 0) is 21.2 Å². The fraction of sp³-hybridized carbons (Fsp3) is 0.208. The van der Waals surface area contributed by atoms with Crippen LogP contribution in [0.2, 0.25) is 5.02 Å². The number of methoxy groups -OCH3 is 2. The van der Waals surface area contributed by atoms with Crippen LogP contribution in [0.1, 0.15) is 12.0 Å². The van der Waals surface area contributed by atoms with E-state index < -0.39 is 16.0 Å². The number of nitrogens with zero attached hydrogens (tertiary/aromatic N) is 1. The molecule has 0 bridgehead atoms. The van der Waals surface area contributed by atoms with Gasteiger partial charge < -0.3 is 14.2 Å². The quantitative estimate of drug-likeness (QED) is 0.319. The second kappa shape index (κ2) is 10.6. The lowest BCUT2D eigenvalue weighted by Crippen LogP contribution is -2.26. The number of carbonyl (C=O) groups is 1. The smallest absolute Gasteiger partial charge is 0.311 e. The maximum absolute atomic E-state index is 12.8. The minimum absolute atomic E-state index is 0.125. The Bertz CT molecular complexity index is 1210. The minimum atomic E-state index is -3.75. The molecule has 0 aliphatic heterocycles. The van der Waals surface area contributed by atoms with Crippen molar-refractivity contribution in [2.45, 2.75) is 17.7 Å². The number of sulfonamides is 1. The summed E-state index contributed by atoms with van der Waals surface area (Å²) in [6.07, 6.45) is 0.640. The van der Waals surface area contributed by atoms with Gasteiger partial charge in [0.05, 0.1) is 24.8 Å². The van der Waals surface area contributed by atoms with Gasteiger partial charge in [-0.1, -0.05) is 17.7 Å². The molecule has 174 valence electrons. The zero-order valence-electron chi connectivity index (χ0n) is 18.4. The highest BCUT2D eigenvalue weighted by Gasteiger charge is 2.21. The Labute approximate surface area is 198 Å². The number of ether oxygens (including phenoxy) is 3. The Morgan fingerprint density at radius 1 is 0.909 bits per heavy atom. The van der Waals surface area contributed by atoms with Gasteiger partial charge >= 0.3 is 5.97 Å². The number of aryl methyl sites for hydroxylation is 1. The summed E-state index contributed by atoms with van der Waals surface area (Å²) in [5.74, 6) is 1.14. The molecule has 0 heterocycles. The van der Waals surface area contributed by atoms with Crippen molar-refractivity contribution >= 4 is 33.3 Å². The van der Waals surface area contributed by atoms with Gasteiger partial charge in [-0.05, 0) is 72.6 Å². The highest BCUT2D eigenvalue weighted by Crippen LogP contribution is 2.28. The maximum Gasteiger partial charge on any atom is 0.311 e. The van der Waals surface area contributed by atoms with Crippen molar-refractivity contribution in [1.82, 2.24) is 0 Å². The largest absolute Gasteiger partial charge is 0.493 e. The predicted octanol–water partition coefficient (Wildman–Crippen LogP) is 4.72. The molecule has 0 radical (unpaired) electrons. The molecule has 3 aromatic carbocycles. The van der Waals surface area contributed by atoms with Crippen molar-refractivity contribution in [1.29, 1.82) is 0 Å². The number of hydrogen-bond acceptors (Lipinski definition) is 6. The molecule has 0 saturated heterocycles. The van der Waals surface area contributed by atoms with Gasteiger partial charge in [-0.2, -0.15) is 0 Å². The summed E-state index contributed by atoms with van der Waals surface area (Å²) in [4.78, 5) is 12.4. The SMILES string of the molecule is COc1ccc(CCC(=O)Oc2ccc(N(C)S(=O)(=O)c3ccc(Cl)cc3)cc2)cc1OC. The van der Waals surface area contributed by atoms with E-state index in [9.17, 15) is 13.2 Å². The molecule has 33 heavy (non-hydrogen) atoms. The topological polar surface area (TPSA) is 82.1 Å². The highest BCUT2D eigenvalue weighted by atomic mass is 35.5. The Balaban J connectivity index is 1.61. The van der Waals surface area contributed by atoms with Crippen molar-refractivity contribution < 1.29 is 27.4 Å². The van der Waals surface area contributed by atoms with Gasteiger partial charge in [0, 0.05) is 18.5 Å². The second-order valence-corrected chi connectivity index (χ2v) is 9.49. The lowest BCUT2D eigenvalue weighted by atomic mass is 10.1. The van der Waals surface area contributed by atoms with Gasteiger partial charge in [0.25, 0.3) is 10.0 Å². The molecule has 0 aromatic heterocycles. The average Bonchev–Trinajstić information content (AvgIpc) is 2.82. The molecule has 0 fully saturated rings. The second-order valence-electron chi connectivity index (χ2n) is 7.08. The van der Waals surface area contributed by atoms with Crippen molar-refractivity contribution in [3.05, 3.63) is 77.3 Å². The summed E-state index contributed by atoms with van der Waals surface area (Å²) in [5.41, 5.74) is 1.34. The fourth-order valence-electron chi connectivity index (χ4n) is 3.09. The third kappa shape index (κ3) is 5.97. The first-order valence-electron chi connectivity index (χ1n) is 10.0. The summed E-state index contributed by atoms with van der Waals surface area (Å²) >= 11 is 5.84. The van der Waals surface area contributed by atoms with E-state index in [4.69, 9.17) is 25.8 Å². The summed E-state index contributed by atoms with van der Waals surface area (Å²) in [7, 11) is 0.819. The van der Waals surface area contributed by atoms with E-state index in [-0.39, 0.29) is 11.3 Å². The zero-order valence-corrected chi connectivity index (χ0v) is 20.0. The highest BCUT2D eigenvalue weighted by molar-refractivity contribution is 7.92. The third-order valence-electron chi connectivity index (χ3n) is 4.97. The van der Waals surface area contributed by atoms with Crippen molar-refractivity contribution in [3.8, 4) is 17.2 Å². The van der Waals surface area contributed by atoms with Gasteiger partial charge in [-0.25, -0.2) is 8.42 Å². The normalized spacial score (nSPS) is 11.0. The first-order chi connectivity index (χ1) is 15.7. The molecule has 3 rings (SSSR count). The van der Waals surface area contributed by atoms with Gasteiger partial charge in [0.2, 0.25) is 0 Å². The number of hydrogen-bond donors (Lipinski definition) is 0. The third-order valence-corrected chi connectivity index (χ3v) is 7.02. The molecule has 0 atom stereocenters. The first-order valence-corrected chi connectivity index (χ1v) is 11.8. The van der Waals surface area contributed by atoms with Crippen LogP contribution < -0.4 is 18.5 Å². The molecule has 0 unspecified atom stereocenters. The summed E-state index contributed by atoms with van der Waals surface area (Å²) in [6.45, 7) is 0. The molecule has 3 aromatic rings. The standard InChI is InChI=1S/C24H24ClNO6S/c1-26(33(28,29)21-12-6-18(25)7-13-21)19-8-10-20(11-9-19)32-24(27)15-5-17-4-14-22(30-2)23(16-17)31-3/h4,6-14,16H,5,15H2,1-3H3. The van der Waals surface area contributed by atoms with E-state index >= 15 is 0 Å². The monoisotopic (exact) mass is 489 g/mol. The minimum Gasteiger partial charge on any atom is -0.493 e. The predicted molar refractivity (Wildman–Crippen MR) is 127 cm³/mol. The van der Waals surface area contributed by atoms with E-state index in [0.29, 0.717) is 34.4 Å². The molecule has 0 aliphatic rings. The van der Waals surface area contributed by atoms with Crippen LogP contribution in [0.3, 0.4) is 0 Å². The fourth-order valence-corrected chi connectivity index (χ4v) is 4.41. The zero-order chi connectivity index (χ0) is 24.0. The number of carbonyl (C=O) groups excluding carboxylic acids is 1. The van der Waals surface area contributed by atoms with E-state index in [1.807, 2.05) is 12.1 Å². The van der Waals surface area contributed by atoms with Crippen LogP contribution in [0, 0.1) is 0 Å². The Hall–Kier alpha value is -3.23. The Morgan fingerprint density at radius 2 is 1.55 bits per heavy atom. The molecule has 0 saturated carbocycles. The van der Waals surface area contributed by atoms with Crippen LogP contribution in [0.5, 0.6) is 17.2 Å². The molecule has 7 nitrogen and oxygen atoms in total. The van der Waals surface area contributed by atoms with Crippen molar-refractivity contribution in [3.63, 3.8) is 0 Å².